The van der Waals surface area contributed by atoms with Crippen molar-refractivity contribution in [3.8, 4) is 5.75 Å². The number of nitrogens with zero attached hydrogens (tertiary/aromatic N) is 2. The first-order chi connectivity index (χ1) is 8.74. The van der Waals surface area contributed by atoms with Crippen LogP contribution >= 0.6 is 0 Å². The Morgan fingerprint density at radius 1 is 1.33 bits per heavy atom. The summed E-state index contributed by atoms with van der Waals surface area (Å²) in [6.45, 7) is 0.137. The number of benzene rings is 1. The second kappa shape index (κ2) is 5.62. The van der Waals surface area contributed by atoms with E-state index in [1.54, 1.807) is 0 Å². The molecule has 0 amide bonds. The van der Waals surface area contributed by atoms with Gasteiger partial charge in [0.1, 0.15) is 5.75 Å². The average molecular weight is 246 g/mol. The van der Waals surface area contributed by atoms with Crippen LogP contribution in [-0.4, -0.2) is 21.3 Å². The van der Waals surface area contributed by atoms with Crippen LogP contribution in [0.5, 0.6) is 5.75 Å². The van der Waals surface area contributed by atoms with Crippen molar-refractivity contribution >= 4 is 12.0 Å². The molecule has 18 heavy (non-hydrogen) atoms. The molecule has 92 valence electrons. The van der Waals surface area contributed by atoms with Gasteiger partial charge in [-0.15, -0.1) is 10.2 Å². The van der Waals surface area contributed by atoms with E-state index in [9.17, 15) is 4.79 Å². The van der Waals surface area contributed by atoms with E-state index in [0.717, 1.165) is 6.08 Å². The van der Waals surface area contributed by atoms with Crippen LogP contribution in [0.25, 0.3) is 6.08 Å². The molecule has 0 fully saturated rings. The van der Waals surface area contributed by atoms with Gasteiger partial charge in [-0.1, -0.05) is 18.2 Å². The minimum absolute atomic E-state index is 0.129. The zero-order valence-corrected chi connectivity index (χ0v) is 9.31. The highest BCUT2D eigenvalue weighted by molar-refractivity contribution is 5.84. The van der Waals surface area contributed by atoms with Crippen molar-refractivity contribution in [1.29, 1.82) is 0 Å². The van der Waals surface area contributed by atoms with Gasteiger partial charge in [0, 0.05) is 12.2 Å². The molecule has 0 atom stereocenters. The number of aliphatic carboxylic acids is 1. The van der Waals surface area contributed by atoms with Crippen molar-refractivity contribution in [3.05, 3.63) is 48.2 Å². The standard InChI is InChI=1S/C12H10N2O4/c15-12(16)7-6-10-13-14-11(18-10)8-17-9-4-2-1-3-5-9/h1-7H,8H2,(H,15,16)/b7-6+. The minimum atomic E-state index is -1.07. The van der Waals surface area contributed by atoms with Crippen molar-refractivity contribution in [2.45, 2.75) is 6.61 Å². The molecular weight excluding hydrogens is 236 g/mol. The number of carboxylic acid groups (broad SMARTS) is 1. The highest BCUT2D eigenvalue weighted by Crippen LogP contribution is 2.11. The summed E-state index contributed by atoms with van der Waals surface area (Å²) in [4.78, 5) is 10.3. The maximum absolute atomic E-state index is 10.3. The fourth-order valence-electron chi connectivity index (χ4n) is 1.20. The molecule has 6 nitrogen and oxygen atoms in total. The molecular formula is C12H10N2O4. The highest BCUT2D eigenvalue weighted by atomic mass is 16.5. The molecule has 0 aliphatic heterocycles. The lowest BCUT2D eigenvalue weighted by Gasteiger charge is -2.01. The first-order valence-electron chi connectivity index (χ1n) is 5.15. The number of carboxylic acids is 1. The summed E-state index contributed by atoms with van der Waals surface area (Å²) in [7, 11) is 0. The van der Waals surface area contributed by atoms with Crippen LogP contribution in [0.15, 0.2) is 40.8 Å². The van der Waals surface area contributed by atoms with Crippen molar-refractivity contribution in [2.75, 3.05) is 0 Å². The molecule has 1 heterocycles. The molecule has 2 aromatic rings. The number of carbonyl (C=O) groups is 1. The Balaban J connectivity index is 1.93. The summed E-state index contributed by atoms with van der Waals surface area (Å²) in [6, 6.07) is 9.20. The maximum atomic E-state index is 10.3. The van der Waals surface area contributed by atoms with Gasteiger partial charge in [0.15, 0.2) is 6.61 Å². The number of rotatable bonds is 5. The number of hydrogen-bond acceptors (Lipinski definition) is 5. The second-order valence-corrected chi connectivity index (χ2v) is 3.31. The Bertz CT molecular complexity index is 548. The Morgan fingerprint density at radius 3 is 2.83 bits per heavy atom. The monoisotopic (exact) mass is 246 g/mol. The van der Waals surface area contributed by atoms with E-state index < -0.39 is 5.97 Å². The van der Waals surface area contributed by atoms with Gasteiger partial charge >= 0.3 is 5.97 Å². The predicted molar refractivity (Wildman–Crippen MR) is 61.7 cm³/mol. The molecule has 0 saturated carbocycles. The highest BCUT2D eigenvalue weighted by Gasteiger charge is 2.04. The molecule has 0 radical (unpaired) electrons. The van der Waals surface area contributed by atoms with Crippen molar-refractivity contribution in [1.82, 2.24) is 10.2 Å². The molecule has 6 heteroatoms. The van der Waals surface area contributed by atoms with Gasteiger partial charge < -0.3 is 14.3 Å². The lowest BCUT2D eigenvalue weighted by Crippen LogP contribution is -1.95. The molecule has 1 aromatic heterocycles. The molecule has 0 aliphatic rings. The summed E-state index contributed by atoms with van der Waals surface area (Å²) < 4.78 is 10.6. The Kier molecular flexibility index (Phi) is 3.70. The molecule has 0 unspecified atom stereocenters. The quantitative estimate of drug-likeness (QED) is 0.809. The van der Waals surface area contributed by atoms with Crippen LogP contribution in [0.1, 0.15) is 11.8 Å². The zero-order chi connectivity index (χ0) is 12.8. The summed E-state index contributed by atoms with van der Waals surface area (Å²) in [5.41, 5.74) is 0. The largest absolute Gasteiger partial charge is 0.484 e. The van der Waals surface area contributed by atoms with E-state index in [0.29, 0.717) is 5.75 Å². The molecule has 0 aliphatic carbocycles. The molecule has 1 N–H and O–H groups in total. The third-order valence-electron chi connectivity index (χ3n) is 1.96. The summed E-state index contributed by atoms with van der Waals surface area (Å²) >= 11 is 0. The molecule has 2 rings (SSSR count). The van der Waals surface area contributed by atoms with Gasteiger partial charge in [0.05, 0.1) is 0 Å². The Morgan fingerprint density at radius 2 is 2.11 bits per heavy atom. The minimum Gasteiger partial charge on any atom is -0.484 e. The zero-order valence-electron chi connectivity index (χ0n) is 9.31. The molecule has 1 aromatic carbocycles. The van der Waals surface area contributed by atoms with Gasteiger partial charge in [0.25, 0.3) is 5.89 Å². The Labute approximate surface area is 103 Å². The lowest BCUT2D eigenvalue weighted by atomic mass is 10.3. The van der Waals surface area contributed by atoms with E-state index in [1.807, 2.05) is 30.3 Å². The predicted octanol–water partition coefficient (Wildman–Crippen LogP) is 1.75. The summed E-state index contributed by atoms with van der Waals surface area (Å²) in [5.74, 6) is 0.0292. The van der Waals surface area contributed by atoms with Gasteiger partial charge in [-0.2, -0.15) is 0 Å². The average Bonchev–Trinajstić information content (AvgIpc) is 2.83. The van der Waals surface area contributed by atoms with Crippen molar-refractivity contribution in [3.63, 3.8) is 0 Å². The summed E-state index contributed by atoms with van der Waals surface area (Å²) in [5, 5.41) is 15.8. The Hall–Kier alpha value is -2.63. The first kappa shape index (κ1) is 11.8. The van der Waals surface area contributed by atoms with Crippen LogP contribution in [-0.2, 0) is 11.4 Å². The number of para-hydroxylation sites is 1. The van der Waals surface area contributed by atoms with E-state index in [-0.39, 0.29) is 18.4 Å². The normalized spacial score (nSPS) is 10.7. The van der Waals surface area contributed by atoms with Crippen LogP contribution in [0, 0.1) is 0 Å². The SMILES string of the molecule is O=C(O)/C=C/c1nnc(COc2ccccc2)o1. The lowest BCUT2D eigenvalue weighted by molar-refractivity contribution is -0.131. The molecule has 0 spiro atoms. The van der Waals surface area contributed by atoms with Gasteiger partial charge in [-0.05, 0) is 12.1 Å². The van der Waals surface area contributed by atoms with E-state index in [2.05, 4.69) is 10.2 Å². The van der Waals surface area contributed by atoms with Crippen LogP contribution in [0.4, 0.5) is 0 Å². The number of aromatic nitrogens is 2. The van der Waals surface area contributed by atoms with E-state index in [1.165, 1.54) is 6.08 Å². The van der Waals surface area contributed by atoms with Crippen LogP contribution in [0.3, 0.4) is 0 Å². The molecule has 0 bridgehead atoms. The third kappa shape index (κ3) is 3.44. The van der Waals surface area contributed by atoms with Gasteiger partial charge in [0.2, 0.25) is 5.89 Å². The smallest absolute Gasteiger partial charge is 0.328 e. The number of hydrogen-bond donors (Lipinski definition) is 1. The van der Waals surface area contributed by atoms with Crippen LogP contribution in [0.2, 0.25) is 0 Å². The van der Waals surface area contributed by atoms with Gasteiger partial charge in [-0.3, -0.25) is 0 Å². The van der Waals surface area contributed by atoms with E-state index in [4.69, 9.17) is 14.3 Å². The topological polar surface area (TPSA) is 85.5 Å². The van der Waals surface area contributed by atoms with Gasteiger partial charge in [-0.25, -0.2) is 4.79 Å². The maximum Gasteiger partial charge on any atom is 0.328 e. The van der Waals surface area contributed by atoms with E-state index >= 15 is 0 Å². The second-order valence-electron chi connectivity index (χ2n) is 3.31. The fraction of sp³-hybridized carbons (Fsp3) is 0.0833. The molecule has 0 saturated heterocycles. The van der Waals surface area contributed by atoms with Crippen molar-refractivity contribution < 1.29 is 19.1 Å². The first-order valence-corrected chi connectivity index (χ1v) is 5.15. The van der Waals surface area contributed by atoms with Crippen LogP contribution < -0.4 is 4.74 Å². The number of ether oxygens (including phenoxy) is 1. The van der Waals surface area contributed by atoms with Crippen molar-refractivity contribution in [2.24, 2.45) is 0 Å². The fourth-order valence-corrected chi connectivity index (χ4v) is 1.20. The third-order valence-corrected chi connectivity index (χ3v) is 1.96. The summed E-state index contributed by atoms with van der Waals surface area (Å²) in [6.07, 6.45) is 2.15.